The van der Waals surface area contributed by atoms with Crippen LogP contribution in [-0.2, 0) is 0 Å². The van der Waals surface area contributed by atoms with E-state index < -0.39 is 0 Å². The lowest BCUT2D eigenvalue weighted by Crippen LogP contribution is -2.22. The molecule has 0 saturated carbocycles. The van der Waals surface area contributed by atoms with Gasteiger partial charge in [-0.05, 0) is 18.6 Å². The van der Waals surface area contributed by atoms with E-state index in [1.807, 2.05) is 31.2 Å². The molecule has 1 aromatic rings. The van der Waals surface area contributed by atoms with Crippen molar-refractivity contribution in [3.63, 3.8) is 0 Å². The van der Waals surface area contributed by atoms with E-state index in [0.29, 0.717) is 6.54 Å². The number of hydrogen-bond donors (Lipinski definition) is 2. The van der Waals surface area contributed by atoms with Crippen LogP contribution in [0.5, 0.6) is 0 Å². The summed E-state index contributed by atoms with van der Waals surface area (Å²) in [6.07, 6.45) is 0. The number of rotatable bonds is 4. The molecule has 0 aliphatic heterocycles. The zero-order valence-corrected chi connectivity index (χ0v) is 8.38. The first-order valence-corrected chi connectivity index (χ1v) is 4.72. The van der Waals surface area contributed by atoms with Crippen molar-refractivity contribution in [3.05, 3.63) is 34.9 Å². The summed E-state index contributed by atoms with van der Waals surface area (Å²) in [6, 6.07) is 7.90. The number of hydrogen-bond acceptors (Lipinski definition) is 2. The lowest BCUT2D eigenvalue weighted by Gasteiger charge is -2.14. The normalized spacial score (nSPS) is 12.8. The van der Waals surface area contributed by atoms with Gasteiger partial charge in [0, 0.05) is 17.6 Å². The molecule has 13 heavy (non-hydrogen) atoms. The van der Waals surface area contributed by atoms with Gasteiger partial charge in [-0.2, -0.15) is 0 Å². The van der Waals surface area contributed by atoms with Crippen LogP contribution in [0.25, 0.3) is 0 Å². The smallest absolute Gasteiger partial charge is 0.0556 e. The van der Waals surface area contributed by atoms with Crippen molar-refractivity contribution in [2.45, 2.75) is 13.0 Å². The molecule has 3 heteroatoms. The lowest BCUT2D eigenvalue weighted by atomic mass is 10.1. The minimum Gasteiger partial charge on any atom is -0.395 e. The van der Waals surface area contributed by atoms with Crippen LogP contribution >= 0.6 is 11.6 Å². The zero-order chi connectivity index (χ0) is 9.68. The summed E-state index contributed by atoms with van der Waals surface area (Å²) >= 11 is 6.00. The predicted molar refractivity (Wildman–Crippen MR) is 55.0 cm³/mol. The molecule has 72 valence electrons. The molecule has 0 amide bonds. The summed E-state index contributed by atoms with van der Waals surface area (Å²) in [5.41, 5.74) is 1.07. The van der Waals surface area contributed by atoms with Gasteiger partial charge in [0.1, 0.15) is 0 Å². The second-order valence-corrected chi connectivity index (χ2v) is 3.33. The second kappa shape index (κ2) is 5.22. The van der Waals surface area contributed by atoms with Crippen LogP contribution in [-0.4, -0.2) is 18.3 Å². The summed E-state index contributed by atoms with van der Waals surface area (Å²) in [6.45, 7) is 2.76. The highest BCUT2D eigenvalue weighted by Crippen LogP contribution is 2.21. The Morgan fingerprint density at radius 2 is 2.15 bits per heavy atom. The first-order chi connectivity index (χ1) is 6.25. The van der Waals surface area contributed by atoms with E-state index in [4.69, 9.17) is 16.7 Å². The standard InChI is InChI=1S/C10H14ClNO/c1-8(12-6-7-13)9-4-2-3-5-10(9)11/h2-5,8,12-13H,6-7H2,1H3/t8-/m1/s1. The van der Waals surface area contributed by atoms with Gasteiger partial charge in [0.15, 0.2) is 0 Å². The Morgan fingerprint density at radius 1 is 1.46 bits per heavy atom. The molecule has 1 rings (SSSR count). The Kier molecular flexibility index (Phi) is 4.22. The van der Waals surface area contributed by atoms with Crippen molar-refractivity contribution < 1.29 is 5.11 Å². The predicted octanol–water partition coefficient (Wildman–Crippen LogP) is 1.98. The largest absolute Gasteiger partial charge is 0.395 e. The van der Waals surface area contributed by atoms with E-state index in [-0.39, 0.29) is 12.6 Å². The van der Waals surface area contributed by atoms with E-state index in [1.165, 1.54) is 0 Å². The van der Waals surface area contributed by atoms with Crippen molar-refractivity contribution in [1.29, 1.82) is 0 Å². The average Bonchev–Trinajstić information content (AvgIpc) is 2.15. The first-order valence-electron chi connectivity index (χ1n) is 4.34. The molecule has 2 nitrogen and oxygen atoms in total. The van der Waals surface area contributed by atoms with Crippen LogP contribution in [0.1, 0.15) is 18.5 Å². The maximum absolute atomic E-state index is 8.64. The zero-order valence-electron chi connectivity index (χ0n) is 7.63. The fourth-order valence-electron chi connectivity index (χ4n) is 1.22. The third kappa shape index (κ3) is 2.99. The van der Waals surface area contributed by atoms with E-state index in [1.54, 1.807) is 0 Å². The van der Waals surface area contributed by atoms with E-state index >= 15 is 0 Å². The van der Waals surface area contributed by atoms with Gasteiger partial charge in [-0.25, -0.2) is 0 Å². The van der Waals surface area contributed by atoms with E-state index in [9.17, 15) is 0 Å². The topological polar surface area (TPSA) is 32.3 Å². The summed E-state index contributed by atoms with van der Waals surface area (Å²) in [4.78, 5) is 0. The maximum atomic E-state index is 8.64. The van der Waals surface area contributed by atoms with Gasteiger partial charge in [0.2, 0.25) is 0 Å². The van der Waals surface area contributed by atoms with Gasteiger partial charge in [0.05, 0.1) is 6.61 Å². The van der Waals surface area contributed by atoms with Gasteiger partial charge in [-0.3, -0.25) is 0 Å². The summed E-state index contributed by atoms with van der Waals surface area (Å²) in [5, 5.41) is 12.6. The Hall–Kier alpha value is -0.570. The van der Waals surface area contributed by atoms with Crippen molar-refractivity contribution in [2.75, 3.05) is 13.2 Å². The number of aliphatic hydroxyl groups excluding tert-OH is 1. The molecule has 1 aromatic carbocycles. The Bertz CT molecular complexity index is 265. The Balaban J connectivity index is 2.65. The quantitative estimate of drug-likeness (QED) is 0.778. The van der Waals surface area contributed by atoms with Gasteiger partial charge >= 0.3 is 0 Å². The van der Waals surface area contributed by atoms with Crippen LogP contribution in [0.4, 0.5) is 0 Å². The molecular weight excluding hydrogens is 186 g/mol. The maximum Gasteiger partial charge on any atom is 0.0556 e. The highest BCUT2D eigenvalue weighted by Gasteiger charge is 2.06. The summed E-state index contributed by atoms with van der Waals surface area (Å²) in [7, 11) is 0. The molecule has 0 spiro atoms. The molecule has 0 aromatic heterocycles. The summed E-state index contributed by atoms with van der Waals surface area (Å²) < 4.78 is 0. The van der Waals surface area contributed by atoms with E-state index in [0.717, 1.165) is 10.6 Å². The van der Waals surface area contributed by atoms with Crippen LogP contribution in [0.15, 0.2) is 24.3 Å². The highest BCUT2D eigenvalue weighted by molar-refractivity contribution is 6.31. The number of nitrogens with one attached hydrogen (secondary N) is 1. The van der Waals surface area contributed by atoms with Gasteiger partial charge in [-0.15, -0.1) is 0 Å². The fraction of sp³-hybridized carbons (Fsp3) is 0.400. The molecule has 1 atom stereocenters. The molecule has 0 aliphatic rings. The van der Waals surface area contributed by atoms with E-state index in [2.05, 4.69) is 5.32 Å². The van der Waals surface area contributed by atoms with Gasteiger partial charge in [-0.1, -0.05) is 29.8 Å². The fourth-order valence-corrected chi connectivity index (χ4v) is 1.52. The first kappa shape index (κ1) is 10.5. The number of benzene rings is 1. The molecular formula is C10H14ClNO. The summed E-state index contributed by atoms with van der Waals surface area (Å²) in [5.74, 6) is 0. The van der Waals surface area contributed by atoms with Crippen LogP contribution in [0.3, 0.4) is 0 Å². The molecule has 0 bridgehead atoms. The minimum atomic E-state index is 0.148. The average molecular weight is 200 g/mol. The van der Waals surface area contributed by atoms with Gasteiger partial charge in [0.25, 0.3) is 0 Å². The second-order valence-electron chi connectivity index (χ2n) is 2.92. The molecule has 0 aliphatic carbocycles. The minimum absolute atomic E-state index is 0.148. The van der Waals surface area contributed by atoms with Crippen molar-refractivity contribution in [2.24, 2.45) is 0 Å². The van der Waals surface area contributed by atoms with Gasteiger partial charge < -0.3 is 10.4 Å². The molecule has 0 heterocycles. The molecule has 2 N–H and O–H groups in total. The third-order valence-electron chi connectivity index (χ3n) is 1.93. The van der Waals surface area contributed by atoms with Crippen LogP contribution < -0.4 is 5.32 Å². The van der Waals surface area contributed by atoms with Crippen molar-refractivity contribution in [1.82, 2.24) is 5.32 Å². The Labute approximate surface area is 83.5 Å². The van der Waals surface area contributed by atoms with Crippen molar-refractivity contribution >= 4 is 11.6 Å². The lowest BCUT2D eigenvalue weighted by molar-refractivity contribution is 0.286. The SMILES string of the molecule is C[C@@H](NCCO)c1ccccc1Cl. The molecule has 0 saturated heterocycles. The van der Waals surface area contributed by atoms with Crippen LogP contribution in [0, 0.1) is 0 Å². The van der Waals surface area contributed by atoms with Crippen molar-refractivity contribution in [3.8, 4) is 0 Å². The Morgan fingerprint density at radius 3 is 2.77 bits per heavy atom. The highest BCUT2D eigenvalue weighted by atomic mass is 35.5. The molecule has 0 fully saturated rings. The van der Waals surface area contributed by atoms with Crippen LogP contribution in [0.2, 0.25) is 5.02 Å². The molecule has 0 unspecified atom stereocenters. The number of aliphatic hydroxyl groups is 1. The molecule has 0 radical (unpaired) electrons. The monoisotopic (exact) mass is 199 g/mol. The third-order valence-corrected chi connectivity index (χ3v) is 2.28. The number of halogens is 1.